The number of anilines is 1. The number of ether oxygens (including phenoxy) is 1. The van der Waals surface area contributed by atoms with Crippen molar-refractivity contribution >= 4 is 29.2 Å². The van der Waals surface area contributed by atoms with Crippen LogP contribution in [0.25, 0.3) is 0 Å². The molecule has 22 heavy (non-hydrogen) atoms. The first-order valence-corrected chi connectivity index (χ1v) is 7.34. The molecular formula is C17H14ClNO3. The molecule has 0 saturated heterocycles. The minimum Gasteiger partial charge on any atom is -0.452 e. The van der Waals surface area contributed by atoms with Crippen molar-refractivity contribution in [3.8, 4) is 0 Å². The second-order valence-corrected chi connectivity index (χ2v) is 5.45. The van der Waals surface area contributed by atoms with Gasteiger partial charge in [-0.1, -0.05) is 35.9 Å². The Morgan fingerprint density at radius 2 is 1.95 bits per heavy atom. The van der Waals surface area contributed by atoms with Crippen LogP contribution in [-0.4, -0.2) is 25.0 Å². The van der Waals surface area contributed by atoms with Crippen molar-refractivity contribution in [2.45, 2.75) is 6.42 Å². The lowest BCUT2D eigenvalue weighted by Crippen LogP contribution is -2.33. The van der Waals surface area contributed by atoms with Gasteiger partial charge in [0.2, 0.25) is 0 Å². The lowest BCUT2D eigenvalue weighted by atomic mass is 10.2. The number of hydrogen-bond acceptors (Lipinski definition) is 3. The molecule has 0 saturated carbocycles. The number of halogens is 1. The van der Waals surface area contributed by atoms with E-state index in [0.29, 0.717) is 17.1 Å². The smallest absolute Gasteiger partial charge is 0.338 e. The molecule has 1 aliphatic heterocycles. The lowest BCUT2D eigenvalue weighted by Gasteiger charge is -2.17. The van der Waals surface area contributed by atoms with E-state index in [1.807, 2.05) is 24.3 Å². The van der Waals surface area contributed by atoms with Gasteiger partial charge in [-0.3, -0.25) is 4.79 Å². The van der Waals surface area contributed by atoms with E-state index in [1.165, 1.54) is 6.07 Å². The molecule has 112 valence electrons. The Labute approximate surface area is 133 Å². The highest BCUT2D eigenvalue weighted by Crippen LogP contribution is 2.27. The van der Waals surface area contributed by atoms with Crippen LogP contribution in [0.15, 0.2) is 48.5 Å². The van der Waals surface area contributed by atoms with Crippen LogP contribution < -0.4 is 4.90 Å². The molecule has 0 N–H and O–H groups in total. The summed E-state index contributed by atoms with van der Waals surface area (Å²) in [5.74, 6) is -0.774. The average Bonchev–Trinajstić information content (AvgIpc) is 2.96. The summed E-state index contributed by atoms with van der Waals surface area (Å²) in [6, 6.07) is 14.2. The zero-order valence-electron chi connectivity index (χ0n) is 11.8. The third-order valence-corrected chi connectivity index (χ3v) is 3.81. The molecule has 0 bridgehead atoms. The maximum atomic E-state index is 12.2. The SMILES string of the molecule is O=C(OCC(=O)N1CCc2ccccc21)c1cccc(Cl)c1. The highest BCUT2D eigenvalue weighted by molar-refractivity contribution is 6.30. The van der Waals surface area contributed by atoms with Crippen LogP contribution in [0, 0.1) is 0 Å². The standard InChI is InChI=1S/C17H14ClNO3/c18-14-6-3-5-13(10-14)17(21)22-11-16(20)19-9-8-12-4-1-2-7-15(12)19/h1-7,10H,8-9,11H2. The summed E-state index contributed by atoms with van der Waals surface area (Å²) < 4.78 is 5.08. The zero-order chi connectivity index (χ0) is 15.5. The van der Waals surface area contributed by atoms with Gasteiger partial charge >= 0.3 is 5.97 Å². The van der Waals surface area contributed by atoms with E-state index < -0.39 is 5.97 Å². The third kappa shape index (κ3) is 2.97. The largest absolute Gasteiger partial charge is 0.452 e. The van der Waals surface area contributed by atoms with Crippen molar-refractivity contribution < 1.29 is 14.3 Å². The first-order chi connectivity index (χ1) is 10.6. The van der Waals surface area contributed by atoms with Crippen LogP contribution in [-0.2, 0) is 16.0 Å². The van der Waals surface area contributed by atoms with Gasteiger partial charge in [0, 0.05) is 17.3 Å². The van der Waals surface area contributed by atoms with Crippen molar-refractivity contribution in [3.63, 3.8) is 0 Å². The molecule has 4 nitrogen and oxygen atoms in total. The van der Waals surface area contributed by atoms with Crippen molar-refractivity contribution in [1.82, 2.24) is 0 Å². The molecule has 5 heteroatoms. The summed E-state index contributed by atoms with van der Waals surface area (Å²) in [7, 11) is 0. The number of hydrogen-bond donors (Lipinski definition) is 0. The van der Waals surface area contributed by atoms with Crippen molar-refractivity contribution in [2.75, 3.05) is 18.1 Å². The van der Waals surface area contributed by atoms with E-state index in [9.17, 15) is 9.59 Å². The van der Waals surface area contributed by atoms with Crippen LogP contribution in [0.2, 0.25) is 5.02 Å². The molecule has 1 heterocycles. The minimum atomic E-state index is -0.552. The molecule has 3 rings (SSSR count). The predicted molar refractivity (Wildman–Crippen MR) is 84.2 cm³/mol. The third-order valence-electron chi connectivity index (χ3n) is 3.58. The fraction of sp³-hybridized carbons (Fsp3) is 0.176. The van der Waals surface area contributed by atoms with Crippen LogP contribution >= 0.6 is 11.6 Å². The van der Waals surface area contributed by atoms with E-state index in [-0.39, 0.29) is 12.5 Å². The van der Waals surface area contributed by atoms with Gasteiger partial charge in [-0.25, -0.2) is 4.79 Å². The van der Waals surface area contributed by atoms with Crippen molar-refractivity contribution in [2.24, 2.45) is 0 Å². The quantitative estimate of drug-likeness (QED) is 0.818. The van der Waals surface area contributed by atoms with E-state index in [2.05, 4.69) is 0 Å². The Hall–Kier alpha value is -2.33. The fourth-order valence-electron chi connectivity index (χ4n) is 2.50. The number of para-hydroxylation sites is 1. The van der Waals surface area contributed by atoms with Crippen LogP contribution in [0.5, 0.6) is 0 Å². The van der Waals surface area contributed by atoms with Gasteiger partial charge in [0.15, 0.2) is 6.61 Å². The summed E-state index contributed by atoms with van der Waals surface area (Å²) in [4.78, 5) is 25.8. The van der Waals surface area contributed by atoms with Crippen LogP contribution in [0.1, 0.15) is 15.9 Å². The first-order valence-electron chi connectivity index (χ1n) is 6.96. The highest BCUT2D eigenvalue weighted by atomic mass is 35.5. The number of rotatable bonds is 3. The molecule has 0 radical (unpaired) electrons. The maximum absolute atomic E-state index is 12.2. The van der Waals surface area contributed by atoms with E-state index in [4.69, 9.17) is 16.3 Å². The number of esters is 1. The molecule has 0 spiro atoms. The molecule has 2 aromatic carbocycles. The normalized spacial score (nSPS) is 12.9. The van der Waals surface area contributed by atoms with Gasteiger partial charge in [-0.05, 0) is 36.2 Å². The number of amides is 1. The minimum absolute atomic E-state index is 0.222. The number of nitrogens with zero attached hydrogens (tertiary/aromatic N) is 1. The zero-order valence-corrected chi connectivity index (χ0v) is 12.5. The molecule has 0 unspecified atom stereocenters. The van der Waals surface area contributed by atoms with Gasteiger partial charge in [0.05, 0.1) is 5.56 Å². The maximum Gasteiger partial charge on any atom is 0.338 e. The summed E-state index contributed by atoms with van der Waals surface area (Å²) in [6.07, 6.45) is 0.824. The molecule has 0 aliphatic carbocycles. The number of fused-ring (bicyclic) bond motifs is 1. The van der Waals surface area contributed by atoms with Gasteiger partial charge in [0.1, 0.15) is 0 Å². The molecule has 0 fully saturated rings. The Kier molecular flexibility index (Phi) is 4.11. The average molecular weight is 316 g/mol. The summed E-state index contributed by atoms with van der Waals surface area (Å²) >= 11 is 5.83. The van der Waals surface area contributed by atoms with Gasteiger partial charge < -0.3 is 9.64 Å². The van der Waals surface area contributed by atoms with E-state index in [0.717, 1.165) is 17.7 Å². The van der Waals surface area contributed by atoms with Crippen LogP contribution in [0.3, 0.4) is 0 Å². The fourth-order valence-corrected chi connectivity index (χ4v) is 2.69. The molecule has 0 aromatic heterocycles. The second kappa shape index (κ2) is 6.20. The van der Waals surface area contributed by atoms with Gasteiger partial charge in [-0.2, -0.15) is 0 Å². The van der Waals surface area contributed by atoms with Crippen molar-refractivity contribution in [3.05, 3.63) is 64.7 Å². The number of carbonyl (C=O) groups is 2. The lowest BCUT2D eigenvalue weighted by molar-refractivity contribution is -0.121. The van der Waals surface area contributed by atoms with Gasteiger partial charge in [0.25, 0.3) is 5.91 Å². The number of carbonyl (C=O) groups excluding carboxylic acids is 2. The highest BCUT2D eigenvalue weighted by Gasteiger charge is 2.24. The van der Waals surface area contributed by atoms with E-state index in [1.54, 1.807) is 23.1 Å². The first kappa shape index (κ1) is 14.6. The van der Waals surface area contributed by atoms with Crippen LogP contribution in [0.4, 0.5) is 5.69 Å². The Morgan fingerprint density at radius 3 is 2.77 bits per heavy atom. The molecular weight excluding hydrogens is 302 g/mol. The molecule has 1 amide bonds. The summed E-state index contributed by atoms with van der Waals surface area (Å²) in [6.45, 7) is 0.340. The summed E-state index contributed by atoms with van der Waals surface area (Å²) in [5.41, 5.74) is 2.37. The summed E-state index contributed by atoms with van der Waals surface area (Å²) in [5, 5.41) is 0.453. The van der Waals surface area contributed by atoms with Gasteiger partial charge in [-0.15, -0.1) is 0 Å². The Balaban J connectivity index is 1.63. The molecule has 2 aromatic rings. The topological polar surface area (TPSA) is 46.6 Å². The monoisotopic (exact) mass is 315 g/mol. The predicted octanol–water partition coefficient (Wildman–Crippen LogP) is 3.09. The number of benzene rings is 2. The molecule has 0 atom stereocenters. The molecule has 1 aliphatic rings. The van der Waals surface area contributed by atoms with Crippen molar-refractivity contribution in [1.29, 1.82) is 0 Å². The Morgan fingerprint density at radius 1 is 1.14 bits per heavy atom. The Bertz CT molecular complexity index is 729. The second-order valence-electron chi connectivity index (χ2n) is 5.01. The van der Waals surface area contributed by atoms with E-state index >= 15 is 0 Å².